The number of halogens is 3. The van der Waals surface area contributed by atoms with Gasteiger partial charge < -0.3 is 10.4 Å². The lowest BCUT2D eigenvalue weighted by Gasteiger charge is -2.33. The lowest BCUT2D eigenvalue weighted by molar-refractivity contribution is -0.183. The standard InChI is InChI=1S/C14H24F3NO/c15-14(16,17)11-4-2-5-12(8-11)18-9-10-3-1-6-13(19)7-10/h10-13,18-19H,1-9H2. The lowest BCUT2D eigenvalue weighted by Crippen LogP contribution is -2.41. The van der Waals surface area contributed by atoms with Gasteiger partial charge in [-0.25, -0.2) is 0 Å². The van der Waals surface area contributed by atoms with Crippen LogP contribution in [0.3, 0.4) is 0 Å². The molecule has 2 aliphatic rings. The van der Waals surface area contributed by atoms with Crippen molar-refractivity contribution in [2.75, 3.05) is 6.54 Å². The van der Waals surface area contributed by atoms with E-state index in [9.17, 15) is 18.3 Å². The first kappa shape index (κ1) is 15.1. The van der Waals surface area contributed by atoms with Gasteiger partial charge >= 0.3 is 6.18 Å². The molecule has 0 radical (unpaired) electrons. The van der Waals surface area contributed by atoms with E-state index in [1.54, 1.807) is 0 Å². The van der Waals surface area contributed by atoms with E-state index < -0.39 is 12.1 Å². The molecule has 2 rings (SSSR count). The number of hydrogen-bond donors (Lipinski definition) is 2. The maximum Gasteiger partial charge on any atom is 0.391 e. The highest BCUT2D eigenvalue weighted by Gasteiger charge is 2.42. The fourth-order valence-electron chi connectivity index (χ4n) is 3.45. The number of rotatable bonds is 3. The van der Waals surface area contributed by atoms with E-state index in [2.05, 4.69) is 5.32 Å². The van der Waals surface area contributed by atoms with E-state index in [0.717, 1.165) is 38.6 Å². The second kappa shape index (κ2) is 6.44. The van der Waals surface area contributed by atoms with E-state index in [-0.39, 0.29) is 25.0 Å². The Morgan fingerprint density at radius 3 is 2.42 bits per heavy atom. The molecule has 19 heavy (non-hydrogen) atoms. The van der Waals surface area contributed by atoms with Gasteiger partial charge in [0.25, 0.3) is 0 Å². The lowest BCUT2D eigenvalue weighted by atomic mass is 9.84. The molecule has 0 saturated heterocycles. The summed E-state index contributed by atoms with van der Waals surface area (Å²) in [5, 5.41) is 12.9. The highest BCUT2D eigenvalue weighted by molar-refractivity contribution is 4.83. The van der Waals surface area contributed by atoms with Crippen LogP contribution in [0.1, 0.15) is 51.4 Å². The molecule has 2 N–H and O–H groups in total. The number of aliphatic hydroxyl groups excluding tert-OH is 1. The highest BCUT2D eigenvalue weighted by atomic mass is 19.4. The zero-order chi connectivity index (χ0) is 13.9. The van der Waals surface area contributed by atoms with Gasteiger partial charge in [0.2, 0.25) is 0 Å². The Morgan fingerprint density at radius 1 is 1.00 bits per heavy atom. The van der Waals surface area contributed by atoms with Gasteiger partial charge in [-0.05, 0) is 51.0 Å². The Kier molecular flexibility index (Phi) is 5.12. The van der Waals surface area contributed by atoms with E-state index in [4.69, 9.17) is 0 Å². The SMILES string of the molecule is OC1CCCC(CNC2CCCC(C(F)(F)F)C2)C1. The van der Waals surface area contributed by atoms with Gasteiger partial charge in [-0.2, -0.15) is 13.2 Å². The summed E-state index contributed by atoms with van der Waals surface area (Å²) < 4.78 is 38.1. The van der Waals surface area contributed by atoms with Gasteiger partial charge in [-0.1, -0.05) is 12.8 Å². The molecule has 2 nitrogen and oxygen atoms in total. The molecule has 0 aromatic carbocycles. The fraction of sp³-hybridized carbons (Fsp3) is 1.00. The van der Waals surface area contributed by atoms with Crippen LogP contribution < -0.4 is 5.32 Å². The minimum Gasteiger partial charge on any atom is -0.393 e. The maximum absolute atomic E-state index is 12.7. The van der Waals surface area contributed by atoms with E-state index in [1.165, 1.54) is 0 Å². The summed E-state index contributed by atoms with van der Waals surface area (Å²) in [6.07, 6.45) is 1.54. The van der Waals surface area contributed by atoms with Crippen molar-refractivity contribution in [1.82, 2.24) is 5.32 Å². The number of alkyl halides is 3. The van der Waals surface area contributed by atoms with Crippen LogP contribution in [0.25, 0.3) is 0 Å². The average Bonchev–Trinajstić information content (AvgIpc) is 2.36. The van der Waals surface area contributed by atoms with Crippen molar-refractivity contribution in [3.63, 3.8) is 0 Å². The summed E-state index contributed by atoms with van der Waals surface area (Å²) >= 11 is 0. The quantitative estimate of drug-likeness (QED) is 0.831. The Morgan fingerprint density at radius 2 is 1.74 bits per heavy atom. The summed E-state index contributed by atoms with van der Waals surface area (Å²) in [6, 6.07) is -0.000514. The molecule has 112 valence electrons. The first-order valence-electron chi connectivity index (χ1n) is 7.43. The number of hydrogen-bond acceptors (Lipinski definition) is 2. The van der Waals surface area contributed by atoms with Gasteiger partial charge in [0.15, 0.2) is 0 Å². The summed E-state index contributed by atoms with van der Waals surface area (Å²) in [5.74, 6) is -0.703. The molecule has 4 unspecified atom stereocenters. The normalized spacial score (nSPS) is 37.3. The van der Waals surface area contributed by atoms with E-state index in [0.29, 0.717) is 12.3 Å². The van der Waals surface area contributed by atoms with Crippen molar-refractivity contribution in [1.29, 1.82) is 0 Å². The first-order valence-corrected chi connectivity index (χ1v) is 7.43. The fourth-order valence-corrected chi connectivity index (χ4v) is 3.45. The zero-order valence-corrected chi connectivity index (χ0v) is 11.3. The number of nitrogens with one attached hydrogen (secondary N) is 1. The largest absolute Gasteiger partial charge is 0.393 e. The Balaban J connectivity index is 1.73. The van der Waals surface area contributed by atoms with Crippen molar-refractivity contribution in [2.45, 2.75) is 69.7 Å². The molecular formula is C14H24F3NO. The molecule has 0 amide bonds. The van der Waals surface area contributed by atoms with Crippen molar-refractivity contribution in [3.8, 4) is 0 Å². The van der Waals surface area contributed by atoms with Gasteiger partial charge in [0.05, 0.1) is 12.0 Å². The van der Waals surface area contributed by atoms with Crippen LogP contribution in [-0.2, 0) is 0 Å². The third-order valence-corrected chi connectivity index (χ3v) is 4.59. The molecule has 2 saturated carbocycles. The average molecular weight is 279 g/mol. The molecular weight excluding hydrogens is 255 g/mol. The summed E-state index contributed by atoms with van der Waals surface area (Å²) in [6.45, 7) is 0.756. The van der Waals surface area contributed by atoms with Crippen molar-refractivity contribution in [3.05, 3.63) is 0 Å². The molecule has 0 aromatic heterocycles. The Bertz CT molecular complexity index is 282. The van der Waals surface area contributed by atoms with Gasteiger partial charge in [-0.15, -0.1) is 0 Å². The Labute approximate surface area is 112 Å². The van der Waals surface area contributed by atoms with Crippen LogP contribution in [0.2, 0.25) is 0 Å². The van der Waals surface area contributed by atoms with Crippen LogP contribution in [0.4, 0.5) is 13.2 Å². The molecule has 2 aliphatic carbocycles. The van der Waals surface area contributed by atoms with Crippen molar-refractivity contribution in [2.24, 2.45) is 11.8 Å². The summed E-state index contributed by atoms with van der Waals surface area (Å²) in [4.78, 5) is 0. The molecule has 2 fully saturated rings. The molecule has 0 aromatic rings. The van der Waals surface area contributed by atoms with E-state index in [1.807, 2.05) is 0 Å². The van der Waals surface area contributed by atoms with Gasteiger partial charge in [-0.3, -0.25) is 0 Å². The van der Waals surface area contributed by atoms with Crippen LogP contribution in [0.5, 0.6) is 0 Å². The molecule has 5 heteroatoms. The number of aliphatic hydroxyl groups is 1. The van der Waals surface area contributed by atoms with Crippen molar-refractivity contribution < 1.29 is 18.3 Å². The van der Waals surface area contributed by atoms with Crippen LogP contribution in [-0.4, -0.2) is 30.0 Å². The van der Waals surface area contributed by atoms with Gasteiger partial charge in [0, 0.05) is 6.04 Å². The van der Waals surface area contributed by atoms with Gasteiger partial charge in [0.1, 0.15) is 0 Å². The monoisotopic (exact) mass is 279 g/mol. The predicted molar refractivity (Wildman–Crippen MR) is 67.8 cm³/mol. The molecule has 4 atom stereocenters. The smallest absolute Gasteiger partial charge is 0.391 e. The van der Waals surface area contributed by atoms with Crippen LogP contribution in [0.15, 0.2) is 0 Å². The third-order valence-electron chi connectivity index (χ3n) is 4.59. The minimum absolute atomic E-state index is 0.000514. The first-order chi connectivity index (χ1) is 8.95. The minimum atomic E-state index is -4.04. The molecule has 0 spiro atoms. The predicted octanol–water partition coefficient (Wildman–Crippen LogP) is 3.25. The van der Waals surface area contributed by atoms with Crippen LogP contribution in [0, 0.1) is 11.8 Å². The summed E-state index contributed by atoms with van der Waals surface area (Å²) in [7, 11) is 0. The Hall–Kier alpha value is -0.290. The zero-order valence-electron chi connectivity index (χ0n) is 11.3. The second-order valence-electron chi connectivity index (χ2n) is 6.20. The molecule has 0 bridgehead atoms. The topological polar surface area (TPSA) is 32.3 Å². The highest BCUT2D eigenvalue weighted by Crippen LogP contribution is 2.37. The molecule has 0 aliphatic heterocycles. The van der Waals surface area contributed by atoms with E-state index >= 15 is 0 Å². The molecule has 0 heterocycles. The summed E-state index contributed by atoms with van der Waals surface area (Å²) in [5.41, 5.74) is 0. The van der Waals surface area contributed by atoms with Crippen molar-refractivity contribution >= 4 is 0 Å². The van der Waals surface area contributed by atoms with Crippen LogP contribution >= 0.6 is 0 Å². The third kappa shape index (κ3) is 4.63. The second-order valence-corrected chi connectivity index (χ2v) is 6.20. The maximum atomic E-state index is 12.7.